The summed E-state index contributed by atoms with van der Waals surface area (Å²) in [6.45, 7) is 5.45. The summed E-state index contributed by atoms with van der Waals surface area (Å²) in [5, 5.41) is 15.1. The lowest BCUT2D eigenvalue weighted by molar-refractivity contribution is -0.132. The molecular formula is C26H24N2O7. The van der Waals surface area contributed by atoms with Crippen LogP contribution in [0.2, 0.25) is 0 Å². The van der Waals surface area contributed by atoms with Crippen LogP contribution in [-0.2, 0) is 14.3 Å². The second-order valence-electron chi connectivity index (χ2n) is 8.27. The maximum atomic E-state index is 13.2. The first-order valence-corrected chi connectivity index (χ1v) is 10.9. The molecule has 0 aliphatic carbocycles. The summed E-state index contributed by atoms with van der Waals surface area (Å²) in [7, 11) is 1.27. The van der Waals surface area contributed by atoms with Gasteiger partial charge in [0.25, 0.3) is 5.78 Å². The maximum Gasteiger partial charge on any atom is 0.337 e. The minimum Gasteiger partial charge on any atom is -0.507 e. The van der Waals surface area contributed by atoms with Gasteiger partial charge in [0.05, 0.1) is 30.4 Å². The summed E-state index contributed by atoms with van der Waals surface area (Å²) in [6, 6.07) is 13.3. The summed E-state index contributed by atoms with van der Waals surface area (Å²) < 4.78 is 15.5. The van der Waals surface area contributed by atoms with E-state index < -0.39 is 23.7 Å². The van der Waals surface area contributed by atoms with Gasteiger partial charge in [0, 0.05) is 11.6 Å². The summed E-state index contributed by atoms with van der Waals surface area (Å²) in [6.07, 6.45) is -0.0290. The first-order valence-electron chi connectivity index (χ1n) is 10.9. The second-order valence-corrected chi connectivity index (χ2v) is 8.27. The van der Waals surface area contributed by atoms with Gasteiger partial charge >= 0.3 is 11.9 Å². The van der Waals surface area contributed by atoms with Gasteiger partial charge in [-0.3, -0.25) is 14.5 Å². The van der Waals surface area contributed by atoms with E-state index in [1.165, 1.54) is 30.2 Å². The van der Waals surface area contributed by atoms with Crippen molar-refractivity contribution < 1.29 is 33.5 Å². The predicted octanol–water partition coefficient (Wildman–Crippen LogP) is 4.18. The Labute approximate surface area is 201 Å². The fraction of sp³-hybridized carbons (Fsp3) is 0.231. The number of nitrogens with zero attached hydrogens (tertiary/aromatic N) is 2. The highest BCUT2D eigenvalue weighted by Gasteiger charge is 2.48. The smallest absolute Gasteiger partial charge is 0.337 e. The van der Waals surface area contributed by atoms with Crippen LogP contribution in [0.4, 0.5) is 5.82 Å². The van der Waals surface area contributed by atoms with Crippen molar-refractivity contribution in [1.82, 2.24) is 5.16 Å². The van der Waals surface area contributed by atoms with Gasteiger partial charge in [0.2, 0.25) is 0 Å². The quantitative estimate of drug-likeness (QED) is 0.244. The Morgan fingerprint density at radius 1 is 1.06 bits per heavy atom. The highest BCUT2D eigenvalue weighted by atomic mass is 16.5. The Morgan fingerprint density at radius 3 is 2.23 bits per heavy atom. The van der Waals surface area contributed by atoms with Crippen molar-refractivity contribution in [3.05, 3.63) is 82.6 Å². The van der Waals surface area contributed by atoms with Crippen LogP contribution in [0.15, 0.2) is 64.7 Å². The Hall–Kier alpha value is -4.40. The molecule has 35 heavy (non-hydrogen) atoms. The molecule has 1 saturated heterocycles. The molecule has 2 aromatic carbocycles. The topological polar surface area (TPSA) is 119 Å². The van der Waals surface area contributed by atoms with Gasteiger partial charge in [-0.15, -0.1) is 0 Å². The van der Waals surface area contributed by atoms with Crippen molar-refractivity contribution in [3.8, 4) is 5.75 Å². The number of hydrogen-bond donors (Lipinski definition) is 1. The molecule has 1 amide bonds. The molecule has 1 aromatic heterocycles. The van der Waals surface area contributed by atoms with Crippen LogP contribution in [0.1, 0.15) is 47.1 Å². The number of hydrogen-bond acceptors (Lipinski definition) is 8. The Morgan fingerprint density at radius 2 is 1.69 bits per heavy atom. The molecule has 1 atom stereocenters. The molecule has 0 bridgehead atoms. The molecule has 4 rings (SSSR count). The number of ether oxygens (including phenoxy) is 2. The zero-order valence-corrected chi connectivity index (χ0v) is 19.6. The minimum absolute atomic E-state index is 0.0290. The molecule has 1 N–H and O–H groups in total. The van der Waals surface area contributed by atoms with Gasteiger partial charge in [-0.25, -0.2) is 4.79 Å². The van der Waals surface area contributed by atoms with Gasteiger partial charge in [-0.1, -0.05) is 17.3 Å². The monoisotopic (exact) mass is 476 g/mol. The number of esters is 1. The van der Waals surface area contributed by atoms with Crippen LogP contribution in [0.5, 0.6) is 5.75 Å². The van der Waals surface area contributed by atoms with E-state index in [1.807, 2.05) is 13.8 Å². The Bertz CT molecular complexity index is 1300. The maximum absolute atomic E-state index is 13.2. The molecule has 2 heterocycles. The summed E-state index contributed by atoms with van der Waals surface area (Å²) in [4.78, 5) is 39.3. The average Bonchev–Trinajstić information content (AvgIpc) is 3.38. The van der Waals surface area contributed by atoms with Crippen molar-refractivity contribution in [2.45, 2.75) is 32.9 Å². The largest absolute Gasteiger partial charge is 0.507 e. The highest BCUT2D eigenvalue weighted by molar-refractivity contribution is 6.51. The van der Waals surface area contributed by atoms with Crippen LogP contribution in [-0.4, -0.2) is 41.1 Å². The summed E-state index contributed by atoms with van der Waals surface area (Å²) in [5.74, 6) is -1.42. The van der Waals surface area contributed by atoms with Gasteiger partial charge < -0.3 is 19.1 Å². The highest BCUT2D eigenvalue weighted by Crippen LogP contribution is 2.42. The van der Waals surface area contributed by atoms with E-state index in [0.29, 0.717) is 28.2 Å². The normalized spacial score (nSPS) is 17.2. The van der Waals surface area contributed by atoms with Crippen LogP contribution < -0.4 is 9.64 Å². The second kappa shape index (κ2) is 9.46. The third-order valence-electron chi connectivity index (χ3n) is 5.45. The molecule has 1 aliphatic rings. The van der Waals surface area contributed by atoms with Crippen molar-refractivity contribution in [3.63, 3.8) is 0 Å². The number of rotatable bonds is 6. The zero-order valence-electron chi connectivity index (χ0n) is 19.6. The molecule has 0 radical (unpaired) electrons. The number of aliphatic hydroxyl groups excluding tert-OH is 1. The van der Waals surface area contributed by atoms with E-state index in [1.54, 1.807) is 43.3 Å². The van der Waals surface area contributed by atoms with Crippen molar-refractivity contribution in [2.75, 3.05) is 12.0 Å². The van der Waals surface area contributed by atoms with Gasteiger partial charge in [-0.05, 0) is 62.7 Å². The average molecular weight is 476 g/mol. The van der Waals surface area contributed by atoms with Crippen LogP contribution in [0.3, 0.4) is 0 Å². The van der Waals surface area contributed by atoms with Gasteiger partial charge in [-0.2, -0.15) is 0 Å². The molecule has 9 heteroatoms. The molecule has 1 unspecified atom stereocenters. The minimum atomic E-state index is -1.00. The van der Waals surface area contributed by atoms with E-state index in [2.05, 4.69) is 5.16 Å². The number of Topliss-reactive ketones (excluding diaryl/α,β-unsaturated/α-hetero) is 1. The SMILES string of the molecule is COC(=O)c1ccc(C2/C(=C(/O)c3ccc(OC(C)C)cc3)C(=O)C(=O)N2c2cc(C)on2)cc1. The van der Waals surface area contributed by atoms with E-state index >= 15 is 0 Å². The van der Waals surface area contributed by atoms with E-state index in [0.717, 1.165) is 0 Å². The van der Waals surface area contributed by atoms with E-state index in [9.17, 15) is 19.5 Å². The Balaban J connectivity index is 1.84. The predicted molar refractivity (Wildman–Crippen MR) is 126 cm³/mol. The number of amides is 1. The number of aryl methyl sites for hydroxylation is 1. The number of aromatic nitrogens is 1. The molecule has 9 nitrogen and oxygen atoms in total. The Kier molecular flexibility index (Phi) is 6.42. The molecule has 3 aromatic rings. The first kappa shape index (κ1) is 23.7. The molecule has 0 saturated carbocycles. The van der Waals surface area contributed by atoms with Crippen molar-refractivity contribution in [1.29, 1.82) is 0 Å². The zero-order chi connectivity index (χ0) is 25.3. The van der Waals surface area contributed by atoms with Crippen LogP contribution in [0, 0.1) is 6.92 Å². The summed E-state index contributed by atoms with van der Waals surface area (Å²) >= 11 is 0. The number of methoxy groups -OCH3 is 1. The number of carbonyl (C=O) groups is 3. The van der Waals surface area contributed by atoms with Crippen molar-refractivity contribution in [2.24, 2.45) is 0 Å². The molecule has 1 aliphatic heterocycles. The number of carbonyl (C=O) groups excluding carboxylic acids is 3. The third-order valence-corrected chi connectivity index (χ3v) is 5.45. The number of aliphatic hydroxyl groups is 1. The molecular weight excluding hydrogens is 452 g/mol. The third kappa shape index (κ3) is 4.52. The number of ketones is 1. The lowest BCUT2D eigenvalue weighted by Gasteiger charge is -2.23. The summed E-state index contributed by atoms with van der Waals surface area (Å²) in [5.41, 5.74) is 1.01. The first-order chi connectivity index (χ1) is 16.7. The van der Waals surface area contributed by atoms with E-state index in [4.69, 9.17) is 14.0 Å². The fourth-order valence-electron chi connectivity index (χ4n) is 3.89. The van der Waals surface area contributed by atoms with Gasteiger partial charge in [0.1, 0.15) is 17.3 Å². The molecule has 0 spiro atoms. The number of benzene rings is 2. The lowest BCUT2D eigenvalue weighted by atomic mass is 9.94. The van der Waals surface area contributed by atoms with Crippen LogP contribution in [0.25, 0.3) is 5.76 Å². The van der Waals surface area contributed by atoms with Crippen LogP contribution >= 0.6 is 0 Å². The van der Waals surface area contributed by atoms with E-state index in [-0.39, 0.29) is 23.3 Å². The molecule has 1 fully saturated rings. The molecule has 180 valence electrons. The fourth-order valence-corrected chi connectivity index (χ4v) is 3.89. The number of anilines is 1. The van der Waals surface area contributed by atoms with Gasteiger partial charge in [0.15, 0.2) is 5.82 Å². The van der Waals surface area contributed by atoms with Crippen molar-refractivity contribution >= 4 is 29.2 Å². The standard InChI is InChI=1S/C26H24N2O7/c1-14(2)34-19-11-9-17(10-12-19)23(29)21-22(16-5-7-18(8-6-16)26(32)33-4)28(25(31)24(21)30)20-13-15(3)35-27-20/h5-14,22,29H,1-4H3/b23-21-. The lowest BCUT2D eigenvalue weighted by Crippen LogP contribution is -2.29.